The maximum Gasteiger partial charge on any atom is 0.320 e. The van der Waals surface area contributed by atoms with Crippen LogP contribution in [-0.4, -0.2) is 46.9 Å². The maximum absolute atomic E-state index is 12.4. The number of rotatable bonds is 10. The molecule has 2 aliphatic rings. The van der Waals surface area contributed by atoms with Gasteiger partial charge in [-0.3, -0.25) is 9.69 Å². The van der Waals surface area contributed by atoms with Gasteiger partial charge in [-0.15, -0.1) is 0 Å². The van der Waals surface area contributed by atoms with E-state index in [-0.39, 0.29) is 25.2 Å². The Morgan fingerprint density at radius 1 is 1.27 bits per heavy atom. The molecule has 0 radical (unpaired) electrons. The molecule has 2 saturated carbocycles. The first-order valence-electron chi connectivity index (χ1n) is 11.6. The minimum atomic E-state index is -0.513. The summed E-state index contributed by atoms with van der Waals surface area (Å²) in [6, 6.07) is -0.151. The van der Waals surface area contributed by atoms with Gasteiger partial charge >= 0.3 is 5.97 Å². The molecule has 6 nitrogen and oxygen atoms in total. The molecule has 2 fully saturated rings. The second-order valence-corrected chi connectivity index (χ2v) is 10.8. The van der Waals surface area contributed by atoms with E-state index in [2.05, 4.69) is 19.0 Å². The van der Waals surface area contributed by atoms with E-state index in [0.29, 0.717) is 18.3 Å². The first-order chi connectivity index (χ1) is 14.1. The summed E-state index contributed by atoms with van der Waals surface area (Å²) in [6.45, 7) is 10.4. The van der Waals surface area contributed by atoms with Gasteiger partial charge in [-0.2, -0.15) is 0 Å². The lowest BCUT2D eigenvalue weighted by atomic mass is 9.69. The van der Waals surface area contributed by atoms with Gasteiger partial charge in [0.1, 0.15) is 17.1 Å². The van der Waals surface area contributed by atoms with Gasteiger partial charge in [-0.05, 0) is 84.1 Å². The second-order valence-electron chi connectivity index (χ2n) is 10.8. The van der Waals surface area contributed by atoms with Gasteiger partial charge in [-0.1, -0.05) is 19.0 Å². The average molecular weight is 421 g/mol. The molecule has 1 aromatic heterocycles. The predicted molar refractivity (Wildman–Crippen MR) is 116 cm³/mol. The van der Waals surface area contributed by atoms with E-state index in [1.54, 1.807) is 0 Å². The Hall–Kier alpha value is -1.40. The second kappa shape index (κ2) is 9.39. The van der Waals surface area contributed by atoms with Crippen molar-refractivity contribution in [1.82, 2.24) is 10.1 Å². The largest absolute Gasteiger partial charge is 0.459 e. The molecule has 1 atom stereocenters. The van der Waals surface area contributed by atoms with Crippen molar-refractivity contribution >= 4 is 5.97 Å². The van der Waals surface area contributed by atoms with Crippen LogP contribution in [-0.2, 0) is 9.53 Å². The van der Waals surface area contributed by atoms with Crippen LogP contribution in [0.2, 0.25) is 0 Å². The number of nitrogens with zero attached hydrogens (tertiary/aromatic N) is 2. The lowest BCUT2D eigenvalue weighted by molar-refractivity contribution is -0.156. The quantitative estimate of drug-likeness (QED) is 0.549. The third kappa shape index (κ3) is 5.85. The number of esters is 1. The molecule has 0 bridgehead atoms. The highest BCUT2D eigenvalue weighted by Crippen LogP contribution is 2.52. The third-order valence-corrected chi connectivity index (χ3v) is 6.23. The van der Waals surface area contributed by atoms with E-state index in [0.717, 1.165) is 23.3 Å². The third-order valence-electron chi connectivity index (χ3n) is 6.23. The molecule has 1 unspecified atom stereocenters. The van der Waals surface area contributed by atoms with E-state index in [1.165, 1.54) is 37.7 Å². The van der Waals surface area contributed by atoms with Crippen molar-refractivity contribution in [1.29, 1.82) is 0 Å². The highest BCUT2D eigenvalue weighted by molar-refractivity contribution is 5.72. The van der Waals surface area contributed by atoms with Crippen LogP contribution in [0.5, 0.6) is 0 Å². The van der Waals surface area contributed by atoms with E-state index >= 15 is 0 Å². The zero-order chi connectivity index (χ0) is 22.1. The monoisotopic (exact) mass is 420 g/mol. The van der Waals surface area contributed by atoms with Gasteiger partial charge in [0.15, 0.2) is 0 Å². The maximum atomic E-state index is 12.4. The number of aromatic nitrogens is 1. The van der Waals surface area contributed by atoms with Crippen LogP contribution in [0.4, 0.5) is 0 Å². The number of hydrogen-bond donors (Lipinski definition) is 1. The molecule has 3 rings (SSSR count). The Morgan fingerprint density at radius 2 is 1.93 bits per heavy atom. The lowest BCUT2D eigenvalue weighted by Crippen LogP contribution is -2.35. The molecular formula is C24H40N2O4. The number of aliphatic hydroxyl groups excluding tert-OH is 1. The van der Waals surface area contributed by atoms with Gasteiger partial charge in [0.2, 0.25) is 0 Å². The molecule has 2 aliphatic carbocycles. The fraction of sp³-hybridized carbons (Fsp3) is 0.833. The van der Waals surface area contributed by atoms with Crippen molar-refractivity contribution in [2.24, 2.45) is 11.8 Å². The summed E-state index contributed by atoms with van der Waals surface area (Å²) in [5, 5.41) is 14.2. The number of carbonyl (C=O) groups excluding carboxylic acids is 1. The van der Waals surface area contributed by atoms with Crippen LogP contribution in [0, 0.1) is 11.8 Å². The summed E-state index contributed by atoms with van der Waals surface area (Å²) in [5.41, 5.74) is 1.67. The van der Waals surface area contributed by atoms with Gasteiger partial charge in [0.05, 0.1) is 12.6 Å². The molecule has 0 saturated heterocycles. The van der Waals surface area contributed by atoms with E-state index in [9.17, 15) is 9.90 Å². The van der Waals surface area contributed by atoms with E-state index in [1.807, 2.05) is 32.7 Å². The Labute approximate surface area is 181 Å². The minimum absolute atomic E-state index is 0.0372. The van der Waals surface area contributed by atoms with Gasteiger partial charge in [-0.25, -0.2) is 0 Å². The highest BCUT2D eigenvalue weighted by Gasteiger charge is 2.42. The van der Waals surface area contributed by atoms with Crippen LogP contribution in [0.15, 0.2) is 4.52 Å². The SMILES string of the molecule is CC(C)CC1CC(c2onc(C(CCO)N(C)CC(=O)OC(C)(C)C)c2C2CC2)C1. The van der Waals surface area contributed by atoms with E-state index in [4.69, 9.17) is 9.26 Å². The van der Waals surface area contributed by atoms with Crippen LogP contribution in [0.25, 0.3) is 0 Å². The molecule has 0 aliphatic heterocycles. The van der Waals surface area contributed by atoms with E-state index < -0.39 is 5.60 Å². The van der Waals surface area contributed by atoms with Crippen LogP contribution in [0.1, 0.15) is 108 Å². The van der Waals surface area contributed by atoms with Crippen molar-refractivity contribution in [2.75, 3.05) is 20.2 Å². The standard InChI is InChI=1S/C24H40N2O4/c1-15(2)11-16-12-18(13-16)23-21(17-7-8-17)22(25-30-23)19(9-10-27)26(6)14-20(28)29-24(3,4)5/h15-19,27H,7-14H2,1-6H3. The molecule has 0 aromatic carbocycles. The number of likely N-dealkylation sites (N-methyl/N-ethyl adjacent to an activating group) is 1. The summed E-state index contributed by atoms with van der Waals surface area (Å²) in [5.74, 6) is 3.32. The fourth-order valence-electron chi connectivity index (χ4n) is 4.82. The lowest BCUT2D eigenvalue weighted by Gasteiger charge is -2.35. The molecule has 170 valence electrons. The van der Waals surface area contributed by atoms with Crippen LogP contribution < -0.4 is 0 Å². The zero-order valence-electron chi connectivity index (χ0n) is 19.6. The van der Waals surface area contributed by atoms with Crippen molar-refractivity contribution < 1.29 is 19.2 Å². The predicted octanol–water partition coefficient (Wildman–Crippen LogP) is 4.79. The highest BCUT2D eigenvalue weighted by atomic mass is 16.6. The van der Waals surface area contributed by atoms with Gasteiger partial charge < -0.3 is 14.4 Å². The summed E-state index contributed by atoms with van der Waals surface area (Å²) >= 11 is 0. The Balaban J connectivity index is 1.75. The molecule has 6 heteroatoms. The summed E-state index contributed by atoms with van der Waals surface area (Å²) in [6.07, 6.45) is 6.51. The minimum Gasteiger partial charge on any atom is -0.459 e. The summed E-state index contributed by atoms with van der Waals surface area (Å²) < 4.78 is 11.4. The number of hydrogen-bond acceptors (Lipinski definition) is 6. The molecule has 1 heterocycles. The van der Waals surface area contributed by atoms with Gasteiger partial charge in [0.25, 0.3) is 0 Å². The normalized spacial score (nSPS) is 23.0. The Bertz CT molecular complexity index is 711. The topological polar surface area (TPSA) is 75.8 Å². The molecule has 0 spiro atoms. The first kappa shape index (κ1) is 23.3. The molecule has 30 heavy (non-hydrogen) atoms. The van der Waals surface area contributed by atoms with Crippen molar-refractivity contribution in [3.8, 4) is 0 Å². The Kier molecular flexibility index (Phi) is 7.28. The zero-order valence-corrected chi connectivity index (χ0v) is 19.6. The molecular weight excluding hydrogens is 380 g/mol. The average Bonchev–Trinajstić information content (AvgIpc) is 3.33. The van der Waals surface area contributed by atoms with Crippen molar-refractivity contribution in [3.05, 3.63) is 17.0 Å². The molecule has 1 N–H and O–H groups in total. The van der Waals surface area contributed by atoms with Gasteiger partial charge in [0, 0.05) is 18.1 Å². The summed E-state index contributed by atoms with van der Waals surface area (Å²) in [7, 11) is 1.90. The number of carbonyl (C=O) groups is 1. The van der Waals surface area contributed by atoms with Crippen molar-refractivity contribution in [2.45, 2.75) is 96.6 Å². The number of ether oxygens (including phenoxy) is 1. The molecule has 0 amide bonds. The summed E-state index contributed by atoms with van der Waals surface area (Å²) in [4.78, 5) is 14.3. The Morgan fingerprint density at radius 3 is 2.47 bits per heavy atom. The number of aliphatic hydroxyl groups is 1. The molecule has 1 aromatic rings. The fourth-order valence-corrected chi connectivity index (χ4v) is 4.82. The van der Waals surface area contributed by atoms with Crippen molar-refractivity contribution in [3.63, 3.8) is 0 Å². The van der Waals surface area contributed by atoms with Crippen LogP contribution in [0.3, 0.4) is 0 Å². The first-order valence-corrected chi connectivity index (χ1v) is 11.6. The smallest absolute Gasteiger partial charge is 0.320 e. The van der Waals surface area contributed by atoms with Crippen LogP contribution >= 0.6 is 0 Å².